The lowest BCUT2D eigenvalue weighted by Crippen LogP contribution is -2.44. The molecule has 5 rings (SSSR count). The number of hydrogen-bond donors (Lipinski definition) is 0. The van der Waals surface area contributed by atoms with Crippen LogP contribution in [0.2, 0.25) is 0 Å². The van der Waals surface area contributed by atoms with Gasteiger partial charge in [-0.2, -0.15) is 0 Å². The number of benzene rings is 1. The number of fused-ring (bicyclic) bond motifs is 3. The van der Waals surface area contributed by atoms with E-state index >= 15 is 0 Å². The number of nitrogens with zero attached hydrogens (tertiary/aromatic N) is 4. The summed E-state index contributed by atoms with van der Waals surface area (Å²) < 4.78 is 10.7. The molecule has 2 unspecified atom stereocenters. The zero-order valence-corrected chi connectivity index (χ0v) is 17.8. The van der Waals surface area contributed by atoms with Gasteiger partial charge in [0.15, 0.2) is 0 Å². The van der Waals surface area contributed by atoms with E-state index in [2.05, 4.69) is 14.9 Å². The highest BCUT2D eigenvalue weighted by Crippen LogP contribution is 2.40. The lowest BCUT2D eigenvalue weighted by atomic mass is 9.97. The average molecular weight is 422 g/mol. The Kier molecular flexibility index (Phi) is 5.00. The van der Waals surface area contributed by atoms with E-state index < -0.39 is 11.7 Å². The fourth-order valence-corrected chi connectivity index (χ4v) is 5.22. The molecule has 2 aromatic rings. The monoisotopic (exact) mass is 422 g/mol. The zero-order valence-electron chi connectivity index (χ0n) is 17.8. The van der Waals surface area contributed by atoms with Gasteiger partial charge in [-0.3, -0.25) is 14.5 Å². The molecule has 0 N–H and O–H groups in total. The summed E-state index contributed by atoms with van der Waals surface area (Å²) in [5, 5.41) is 0. The smallest absolute Gasteiger partial charge is 0.296 e. The summed E-state index contributed by atoms with van der Waals surface area (Å²) in [7, 11) is 3.16. The molecule has 1 aromatic carbocycles. The highest BCUT2D eigenvalue weighted by Gasteiger charge is 2.39. The number of carbonyl (C=O) groups excluding carboxylic acids is 2. The van der Waals surface area contributed by atoms with Gasteiger partial charge < -0.3 is 14.4 Å². The summed E-state index contributed by atoms with van der Waals surface area (Å²) in [4.78, 5) is 38.3. The fraction of sp³-hybridized carbons (Fsp3) is 0.478. The van der Waals surface area contributed by atoms with E-state index in [1.807, 2.05) is 12.1 Å². The maximum absolute atomic E-state index is 12.9. The Labute approximate surface area is 181 Å². The molecule has 2 atom stereocenters. The lowest BCUT2D eigenvalue weighted by Gasteiger charge is -2.36. The minimum Gasteiger partial charge on any atom is -0.497 e. The SMILES string of the molecule is COc1ccc(CN2C(=O)C(=O)Cc3c(N4CC5CCC(C5)C4)ncnc32)c(OC)c1. The molecular weight excluding hydrogens is 396 g/mol. The number of carbonyl (C=O) groups is 2. The van der Waals surface area contributed by atoms with E-state index in [1.54, 1.807) is 20.3 Å². The molecule has 1 saturated heterocycles. The number of ketones is 1. The van der Waals surface area contributed by atoms with E-state index in [9.17, 15) is 9.59 Å². The molecule has 3 heterocycles. The van der Waals surface area contributed by atoms with Crippen molar-refractivity contribution in [3.63, 3.8) is 0 Å². The van der Waals surface area contributed by atoms with Crippen LogP contribution in [0.5, 0.6) is 11.5 Å². The van der Waals surface area contributed by atoms with Gasteiger partial charge >= 0.3 is 0 Å². The number of hydrogen-bond acceptors (Lipinski definition) is 7. The summed E-state index contributed by atoms with van der Waals surface area (Å²) in [6.07, 6.45) is 5.35. The largest absolute Gasteiger partial charge is 0.497 e. The van der Waals surface area contributed by atoms with E-state index in [1.165, 1.54) is 30.5 Å². The van der Waals surface area contributed by atoms with Gasteiger partial charge in [0.25, 0.3) is 5.91 Å². The van der Waals surface area contributed by atoms with Crippen LogP contribution in [0.1, 0.15) is 30.4 Å². The third kappa shape index (κ3) is 3.49. The summed E-state index contributed by atoms with van der Waals surface area (Å²) in [5.74, 6) is 2.96. The standard InChI is InChI=1S/C23H26N4O4/c1-30-17-6-5-16(20(8-17)31-2)12-27-22-18(9-19(28)23(27)29)21(24-13-25-22)26-10-14-3-4-15(7-14)11-26/h5-6,8,13-15H,3-4,7,9-12H2,1-2H3. The first-order valence-corrected chi connectivity index (χ1v) is 10.7. The summed E-state index contributed by atoms with van der Waals surface area (Å²) >= 11 is 0. The van der Waals surface area contributed by atoms with Crippen LogP contribution >= 0.6 is 0 Å². The molecule has 0 spiro atoms. The fourth-order valence-electron chi connectivity index (χ4n) is 5.22. The van der Waals surface area contributed by atoms with Crippen LogP contribution in [0.4, 0.5) is 11.6 Å². The Morgan fingerprint density at radius 2 is 1.77 bits per heavy atom. The molecule has 8 nitrogen and oxygen atoms in total. The van der Waals surface area contributed by atoms with Crippen molar-refractivity contribution in [3.05, 3.63) is 35.7 Å². The molecule has 2 bridgehead atoms. The van der Waals surface area contributed by atoms with Gasteiger partial charge in [0.2, 0.25) is 5.78 Å². The molecule has 2 fully saturated rings. The van der Waals surface area contributed by atoms with E-state index in [0.29, 0.717) is 29.2 Å². The van der Waals surface area contributed by atoms with E-state index in [4.69, 9.17) is 9.47 Å². The molecule has 162 valence electrons. The van der Waals surface area contributed by atoms with Crippen LogP contribution in [-0.4, -0.2) is 49.0 Å². The zero-order chi connectivity index (χ0) is 21.5. The first-order chi connectivity index (χ1) is 15.1. The first kappa shape index (κ1) is 19.8. The minimum absolute atomic E-state index is 0.0480. The second kappa shape index (κ2) is 7.83. The number of Topliss-reactive ketones (excluding diaryl/α,β-unsaturated/α-hetero) is 1. The van der Waals surface area contributed by atoms with Crippen molar-refractivity contribution in [3.8, 4) is 11.5 Å². The van der Waals surface area contributed by atoms with Gasteiger partial charge in [-0.05, 0) is 43.2 Å². The van der Waals surface area contributed by atoms with Crippen molar-refractivity contribution in [2.45, 2.75) is 32.2 Å². The van der Waals surface area contributed by atoms with Gasteiger partial charge in [-0.15, -0.1) is 0 Å². The van der Waals surface area contributed by atoms with Gasteiger partial charge in [0, 0.05) is 36.7 Å². The Balaban J connectivity index is 1.51. The number of aromatic nitrogens is 2. The van der Waals surface area contributed by atoms with Crippen molar-refractivity contribution in [2.75, 3.05) is 37.1 Å². The maximum Gasteiger partial charge on any atom is 0.296 e. The number of amides is 1. The van der Waals surface area contributed by atoms with Gasteiger partial charge in [0.1, 0.15) is 29.5 Å². The van der Waals surface area contributed by atoms with Crippen LogP contribution < -0.4 is 19.3 Å². The van der Waals surface area contributed by atoms with Gasteiger partial charge in [-0.1, -0.05) is 0 Å². The third-order valence-electron chi connectivity index (χ3n) is 6.71. The topological polar surface area (TPSA) is 84.9 Å². The molecular formula is C23H26N4O4. The minimum atomic E-state index is -0.547. The van der Waals surface area contributed by atoms with Gasteiger partial charge in [0.05, 0.1) is 20.8 Å². The third-order valence-corrected chi connectivity index (χ3v) is 6.71. The Morgan fingerprint density at radius 1 is 1.03 bits per heavy atom. The molecule has 1 saturated carbocycles. The summed E-state index contributed by atoms with van der Waals surface area (Å²) in [5.41, 5.74) is 1.52. The molecule has 1 aliphatic carbocycles. The normalized spacial score (nSPS) is 22.5. The van der Waals surface area contributed by atoms with Crippen LogP contribution in [0.3, 0.4) is 0 Å². The number of piperidine rings is 1. The second-order valence-corrected chi connectivity index (χ2v) is 8.62. The molecule has 3 aliphatic rings. The van der Waals surface area contributed by atoms with Crippen LogP contribution in [0, 0.1) is 11.8 Å². The van der Waals surface area contributed by atoms with Gasteiger partial charge in [-0.25, -0.2) is 9.97 Å². The van der Waals surface area contributed by atoms with Crippen molar-refractivity contribution >= 4 is 23.3 Å². The second-order valence-electron chi connectivity index (χ2n) is 8.62. The first-order valence-electron chi connectivity index (χ1n) is 10.7. The summed E-state index contributed by atoms with van der Waals surface area (Å²) in [6.45, 7) is 2.09. The maximum atomic E-state index is 12.9. The Morgan fingerprint density at radius 3 is 2.48 bits per heavy atom. The van der Waals surface area contributed by atoms with Crippen LogP contribution in [0.25, 0.3) is 0 Å². The number of methoxy groups -OCH3 is 2. The number of rotatable bonds is 5. The quantitative estimate of drug-likeness (QED) is 0.684. The lowest BCUT2D eigenvalue weighted by molar-refractivity contribution is -0.136. The van der Waals surface area contributed by atoms with Crippen molar-refractivity contribution in [2.24, 2.45) is 11.8 Å². The molecule has 31 heavy (non-hydrogen) atoms. The Hall–Kier alpha value is -3.16. The van der Waals surface area contributed by atoms with Crippen LogP contribution in [-0.2, 0) is 22.6 Å². The van der Waals surface area contributed by atoms with Crippen molar-refractivity contribution in [1.82, 2.24) is 9.97 Å². The molecule has 1 amide bonds. The molecule has 8 heteroatoms. The molecule has 0 radical (unpaired) electrons. The highest BCUT2D eigenvalue weighted by atomic mass is 16.5. The molecule has 1 aromatic heterocycles. The number of ether oxygens (including phenoxy) is 2. The van der Waals surface area contributed by atoms with Crippen molar-refractivity contribution < 1.29 is 19.1 Å². The van der Waals surface area contributed by atoms with E-state index in [-0.39, 0.29) is 13.0 Å². The predicted molar refractivity (Wildman–Crippen MR) is 115 cm³/mol. The van der Waals surface area contributed by atoms with E-state index in [0.717, 1.165) is 30.0 Å². The Bertz CT molecular complexity index is 1030. The van der Waals surface area contributed by atoms with Crippen molar-refractivity contribution in [1.29, 1.82) is 0 Å². The molecule has 2 aliphatic heterocycles. The average Bonchev–Trinajstić information content (AvgIpc) is 3.13. The number of anilines is 2. The summed E-state index contributed by atoms with van der Waals surface area (Å²) in [6, 6.07) is 5.42. The highest BCUT2D eigenvalue weighted by molar-refractivity contribution is 6.43. The predicted octanol–water partition coefficient (Wildman–Crippen LogP) is 2.39. The van der Waals surface area contributed by atoms with Crippen LogP contribution in [0.15, 0.2) is 24.5 Å².